The van der Waals surface area contributed by atoms with Gasteiger partial charge >= 0.3 is 12.1 Å². The molecule has 3 atom stereocenters. The molecule has 0 saturated carbocycles. The van der Waals surface area contributed by atoms with Crippen molar-refractivity contribution in [3.63, 3.8) is 0 Å². The van der Waals surface area contributed by atoms with Crippen molar-refractivity contribution in [2.24, 2.45) is 0 Å². The quantitative estimate of drug-likeness (QED) is 0.338. The third-order valence-corrected chi connectivity index (χ3v) is 7.99. The Morgan fingerprint density at radius 3 is 2.07 bits per heavy atom. The first-order valence-corrected chi connectivity index (χ1v) is 14.9. The van der Waals surface area contributed by atoms with E-state index in [9.17, 15) is 19.5 Å². The molecule has 1 aliphatic carbocycles. The van der Waals surface area contributed by atoms with Crippen molar-refractivity contribution in [2.75, 3.05) is 6.61 Å². The monoisotopic (exact) mass is 600 g/mol. The minimum atomic E-state index is -1.22. The molecule has 1 fully saturated rings. The molecular formula is C35H40N2O7. The molecule has 1 saturated heterocycles. The molecule has 232 valence electrons. The Bertz CT molecular complexity index is 1500. The maximum absolute atomic E-state index is 14.1. The second-order valence-corrected chi connectivity index (χ2v) is 12.8. The van der Waals surface area contributed by atoms with Crippen LogP contribution in [0.15, 0.2) is 72.8 Å². The third-order valence-electron chi connectivity index (χ3n) is 7.99. The molecule has 1 heterocycles. The Morgan fingerprint density at radius 2 is 1.52 bits per heavy atom. The van der Waals surface area contributed by atoms with Gasteiger partial charge < -0.3 is 24.6 Å². The highest BCUT2D eigenvalue weighted by molar-refractivity contribution is 5.91. The first kappa shape index (κ1) is 31.1. The molecule has 9 heteroatoms. The normalized spacial score (nSPS) is 19.5. The minimum Gasteiger partial charge on any atom is -0.488 e. The van der Waals surface area contributed by atoms with Crippen LogP contribution in [0.3, 0.4) is 0 Å². The number of nitrogens with one attached hydrogen (secondary N) is 1. The number of carboxylic acid groups (broad SMARTS) is 1. The fourth-order valence-corrected chi connectivity index (χ4v) is 6.27. The molecule has 3 aromatic carbocycles. The summed E-state index contributed by atoms with van der Waals surface area (Å²) in [6.07, 6.45) is -1.40. The number of ether oxygens (including phenoxy) is 3. The van der Waals surface area contributed by atoms with E-state index in [4.69, 9.17) is 14.2 Å². The molecule has 2 aliphatic rings. The first-order chi connectivity index (χ1) is 20.7. The molecule has 2 amide bonds. The average Bonchev–Trinajstić information content (AvgIpc) is 3.40. The van der Waals surface area contributed by atoms with Gasteiger partial charge in [-0.25, -0.2) is 9.59 Å². The van der Waals surface area contributed by atoms with Gasteiger partial charge in [0.25, 0.3) is 0 Å². The van der Waals surface area contributed by atoms with Crippen LogP contribution in [-0.4, -0.2) is 64.1 Å². The van der Waals surface area contributed by atoms with Gasteiger partial charge in [-0.05, 0) is 81.5 Å². The summed E-state index contributed by atoms with van der Waals surface area (Å²) in [5.74, 6) is -1.24. The molecule has 9 nitrogen and oxygen atoms in total. The van der Waals surface area contributed by atoms with E-state index in [-0.39, 0.29) is 24.5 Å². The number of benzene rings is 3. The van der Waals surface area contributed by atoms with Crippen LogP contribution in [0.1, 0.15) is 64.2 Å². The number of carbonyl (C=O) groups is 3. The summed E-state index contributed by atoms with van der Waals surface area (Å²) in [6.45, 7) is 10.8. The summed E-state index contributed by atoms with van der Waals surface area (Å²) in [6, 6.07) is 21.0. The lowest BCUT2D eigenvalue weighted by Crippen LogP contribution is -2.58. The van der Waals surface area contributed by atoms with E-state index in [1.54, 1.807) is 32.9 Å². The largest absolute Gasteiger partial charge is 0.488 e. The molecule has 0 spiro atoms. The van der Waals surface area contributed by atoms with Crippen LogP contribution < -0.4 is 10.1 Å². The molecule has 0 radical (unpaired) electrons. The summed E-state index contributed by atoms with van der Waals surface area (Å²) in [7, 11) is 0. The van der Waals surface area contributed by atoms with Crippen LogP contribution >= 0.6 is 0 Å². The van der Waals surface area contributed by atoms with E-state index in [1.165, 1.54) is 4.90 Å². The van der Waals surface area contributed by atoms with E-state index in [1.807, 2.05) is 69.3 Å². The maximum atomic E-state index is 14.1. The van der Waals surface area contributed by atoms with E-state index in [2.05, 4.69) is 17.4 Å². The minimum absolute atomic E-state index is 0.0761. The zero-order chi connectivity index (χ0) is 31.8. The van der Waals surface area contributed by atoms with Gasteiger partial charge in [0.2, 0.25) is 5.91 Å². The second kappa shape index (κ2) is 12.0. The van der Waals surface area contributed by atoms with Gasteiger partial charge in [0.05, 0.1) is 6.10 Å². The van der Waals surface area contributed by atoms with Crippen LogP contribution in [0, 0.1) is 0 Å². The SMILES string of the molecule is CC1OC(C)(C)N(C(=O)C(Cc2ccc(OC(C)(C)C)cc2)NC(=O)OCC2c3ccccc3-c3ccccc32)C1C(=O)O. The van der Waals surface area contributed by atoms with Gasteiger partial charge in [0, 0.05) is 12.3 Å². The molecule has 0 aromatic heterocycles. The van der Waals surface area contributed by atoms with Gasteiger partial charge in [-0.15, -0.1) is 0 Å². The average molecular weight is 601 g/mol. The highest BCUT2D eigenvalue weighted by Crippen LogP contribution is 2.44. The molecule has 0 bridgehead atoms. The van der Waals surface area contributed by atoms with Crippen LogP contribution in [0.2, 0.25) is 0 Å². The number of hydrogen-bond acceptors (Lipinski definition) is 6. The van der Waals surface area contributed by atoms with Crippen molar-refractivity contribution in [3.8, 4) is 16.9 Å². The number of nitrogens with zero attached hydrogens (tertiary/aromatic N) is 1. The van der Waals surface area contributed by atoms with Gasteiger partial charge in [-0.2, -0.15) is 0 Å². The summed E-state index contributed by atoms with van der Waals surface area (Å²) < 4.78 is 17.5. The predicted octanol–water partition coefficient (Wildman–Crippen LogP) is 5.75. The zero-order valence-corrected chi connectivity index (χ0v) is 26.0. The van der Waals surface area contributed by atoms with Crippen molar-refractivity contribution < 1.29 is 33.7 Å². The van der Waals surface area contributed by atoms with E-state index < -0.39 is 41.9 Å². The van der Waals surface area contributed by atoms with Crippen molar-refractivity contribution in [1.29, 1.82) is 0 Å². The summed E-state index contributed by atoms with van der Waals surface area (Å²) in [5, 5.41) is 12.7. The van der Waals surface area contributed by atoms with Gasteiger partial charge in [-0.3, -0.25) is 9.69 Å². The lowest BCUT2D eigenvalue weighted by atomic mass is 9.98. The van der Waals surface area contributed by atoms with E-state index in [0.29, 0.717) is 5.75 Å². The number of rotatable bonds is 8. The van der Waals surface area contributed by atoms with E-state index in [0.717, 1.165) is 27.8 Å². The van der Waals surface area contributed by atoms with Crippen molar-refractivity contribution in [3.05, 3.63) is 89.5 Å². The standard InChI is InChI=1S/C35H40N2O7/c1-21-30(32(39)40)37(35(5,6)43-21)31(38)29(19-22-15-17-23(18-16-22)44-34(2,3)4)36-33(41)42-20-28-26-13-9-7-11-24(26)25-12-8-10-14-27(25)28/h7-18,21,28-30H,19-20H2,1-6H3,(H,36,41)(H,39,40). The van der Waals surface area contributed by atoms with Gasteiger partial charge in [-0.1, -0.05) is 60.7 Å². The Kier molecular flexibility index (Phi) is 8.44. The molecule has 3 aromatic rings. The first-order valence-electron chi connectivity index (χ1n) is 14.9. The molecule has 5 rings (SSSR count). The number of amides is 2. The summed E-state index contributed by atoms with van der Waals surface area (Å²) in [4.78, 5) is 40.8. The van der Waals surface area contributed by atoms with Crippen molar-refractivity contribution >= 4 is 18.0 Å². The summed E-state index contributed by atoms with van der Waals surface area (Å²) in [5.41, 5.74) is 3.52. The van der Waals surface area contributed by atoms with Crippen LogP contribution in [-0.2, 0) is 25.5 Å². The molecule has 44 heavy (non-hydrogen) atoms. The van der Waals surface area contributed by atoms with Gasteiger partial charge in [0.1, 0.15) is 29.7 Å². The molecule has 2 N–H and O–H groups in total. The lowest BCUT2D eigenvalue weighted by molar-refractivity contribution is -0.156. The number of carboxylic acids is 1. The highest BCUT2D eigenvalue weighted by atomic mass is 16.6. The van der Waals surface area contributed by atoms with Crippen LogP contribution in [0.5, 0.6) is 5.75 Å². The summed E-state index contributed by atoms with van der Waals surface area (Å²) >= 11 is 0. The van der Waals surface area contributed by atoms with Crippen LogP contribution in [0.4, 0.5) is 4.79 Å². The number of aliphatic carboxylic acids is 1. The zero-order valence-electron chi connectivity index (χ0n) is 26.0. The Hall–Kier alpha value is -4.37. The van der Waals surface area contributed by atoms with Gasteiger partial charge in [0.15, 0.2) is 6.04 Å². The smallest absolute Gasteiger partial charge is 0.407 e. The maximum Gasteiger partial charge on any atom is 0.407 e. The predicted molar refractivity (Wildman–Crippen MR) is 165 cm³/mol. The topological polar surface area (TPSA) is 114 Å². The lowest BCUT2D eigenvalue weighted by Gasteiger charge is -2.35. The second-order valence-electron chi connectivity index (χ2n) is 12.8. The van der Waals surface area contributed by atoms with E-state index >= 15 is 0 Å². The van der Waals surface area contributed by atoms with Crippen molar-refractivity contribution in [2.45, 2.75) is 83.4 Å². The molecule has 1 aliphatic heterocycles. The number of alkyl carbamates (subject to hydrolysis) is 1. The highest BCUT2D eigenvalue weighted by Gasteiger charge is 2.53. The Balaban J connectivity index is 1.37. The van der Waals surface area contributed by atoms with Crippen molar-refractivity contribution in [1.82, 2.24) is 10.2 Å². The fourth-order valence-electron chi connectivity index (χ4n) is 6.27. The third kappa shape index (κ3) is 6.43. The molecule has 3 unspecified atom stereocenters. The fraction of sp³-hybridized carbons (Fsp3) is 0.400. The molecular weight excluding hydrogens is 560 g/mol. The van der Waals surface area contributed by atoms with Crippen LogP contribution in [0.25, 0.3) is 11.1 Å². The Labute approximate surface area is 258 Å². The Morgan fingerprint density at radius 1 is 0.955 bits per heavy atom. The number of carbonyl (C=O) groups excluding carboxylic acids is 2. The number of fused-ring (bicyclic) bond motifs is 3. The number of hydrogen-bond donors (Lipinski definition) is 2.